The van der Waals surface area contributed by atoms with Gasteiger partial charge in [0.15, 0.2) is 0 Å². The summed E-state index contributed by atoms with van der Waals surface area (Å²) in [6.07, 6.45) is 11.3. The van der Waals surface area contributed by atoms with Gasteiger partial charge in [0.25, 0.3) is 0 Å². The van der Waals surface area contributed by atoms with Gasteiger partial charge in [-0.2, -0.15) is 5.10 Å². The Labute approximate surface area is 166 Å². The number of rotatable bonds is 6. The third-order valence-electron chi connectivity index (χ3n) is 6.00. The summed E-state index contributed by atoms with van der Waals surface area (Å²) < 4.78 is 13.4. The zero-order valence-electron chi connectivity index (χ0n) is 16.7. The standard InChI is InChI=1S/C22H28FN5/c1-4-19(12-25-16(3)26-22-8-18(9-22)10-22)21-6-5-15(2)28(27-21)14-17-7-20(23)13-24-11-17/h7,11-13,18H,2,4-6,8-10,14H2,1,3H3,(H,25,26)/b19-12+. The maximum absolute atomic E-state index is 13.4. The van der Waals surface area contributed by atoms with Gasteiger partial charge >= 0.3 is 0 Å². The topological polar surface area (TPSA) is 52.9 Å². The summed E-state index contributed by atoms with van der Waals surface area (Å²) in [5.41, 5.74) is 4.22. The van der Waals surface area contributed by atoms with Crippen LogP contribution in [0.2, 0.25) is 0 Å². The zero-order chi connectivity index (χ0) is 19.7. The van der Waals surface area contributed by atoms with Gasteiger partial charge in [0.1, 0.15) is 5.82 Å². The van der Waals surface area contributed by atoms with Crippen molar-refractivity contribution in [3.63, 3.8) is 0 Å². The summed E-state index contributed by atoms with van der Waals surface area (Å²) in [6, 6.07) is 1.49. The van der Waals surface area contributed by atoms with Crippen LogP contribution in [0, 0.1) is 11.7 Å². The molecule has 1 N–H and O–H groups in total. The van der Waals surface area contributed by atoms with Gasteiger partial charge in [-0.3, -0.25) is 9.99 Å². The van der Waals surface area contributed by atoms with E-state index in [1.165, 1.54) is 31.5 Å². The normalized spacial score (nSPS) is 27.1. The molecule has 0 atom stereocenters. The highest BCUT2D eigenvalue weighted by Gasteiger charge is 2.56. The second-order valence-corrected chi connectivity index (χ2v) is 8.29. The van der Waals surface area contributed by atoms with Crippen molar-refractivity contribution in [1.82, 2.24) is 15.3 Å². The molecule has 4 aliphatic rings. The number of hydrogen-bond acceptors (Lipinski definition) is 4. The number of nitrogens with zero attached hydrogens (tertiary/aromatic N) is 4. The van der Waals surface area contributed by atoms with Crippen molar-refractivity contribution >= 4 is 11.5 Å². The Balaban J connectivity index is 1.47. The van der Waals surface area contributed by atoms with Crippen LogP contribution in [0.15, 0.2) is 52.6 Å². The summed E-state index contributed by atoms with van der Waals surface area (Å²) in [5.74, 6) is 1.60. The van der Waals surface area contributed by atoms with Crippen LogP contribution < -0.4 is 5.32 Å². The number of amidine groups is 1. The first-order chi connectivity index (χ1) is 13.5. The molecule has 148 valence electrons. The summed E-state index contributed by atoms with van der Waals surface area (Å²) in [7, 11) is 0. The lowest BCUT2D eigenvalue weighted by Crippen LogP contribution is -2.67. The summed E-state index contributed by atoms with van der Waals surface area (Å²) >= 11 is 0. The molecule has 3 fully saturated rings. The second kappa shape index (κ2) is 7.49. The molecule has 28 heavy (non-hydrogen) atoms. The van der Waals surface area contributed by atoms with Crippen LogP contribution in [0.4, 0.5) is 4.39 Å². The summed E-state index contributed by atoms with van der Waals surface area (Å²) in [5, 5.41) is 10.2. The Hall–Kier alpha value is -2.50. The SMILES string of the molecule is C=C1CCC(/C(=C/N=C(\C)NC23CC(C2)C3)CC)=NN1Cc1cncc(F)c1. The highest BCUT2D eigenvalue weighted by Crippen LogP contribution is 2.56. The molecule has 3 aliphatic carbocycles. The summed E-state index contributed by atoms with van der Waals surface area (Å²) in [4.78, 5) is 8.59. The van der Waals surface area contributed by atoms with Gasteiger partial charge in [-0.05, 0) is 68.6 Å². The Morgan fingerprint density at radius 3 is 2.82 bits per heavy atom. The molecule has 1 aromatic heterocycles. The molecule has 0 saturated heterocycles. The number of hydrazone groups is 1. The molecule has 0 spiro atoms. The van der Waals surface area contributed by atoms with E-state index >= 15 is 0 Å². The van der Waals surface area contributed by atoms with E-state index in [0.29, 0.717) is 12.1 Å². The molecule has 6 heteroatoms. The van der Waals surface area contributed by atoms with Crippen LogP contribution in [0.1, 0.15) is 57.9 Å². The molecule has 2 heterocycles. The third-order valence-corrected chi connectivity index (χ3v) is 6.00. The van der Waals surface area contributed by atoms with Gasteiger partial charge in [-0.25, -0.2) is 9.38 Å². The molecule has 1 aromatic rings. The molecule has 5 rings (SSSR count). The first kappa shape index (κ1) is 18.8. The first-order valence-electron chi connectivity index (χ1n) is 10.1. The second-order valence-electron chi connectivity index (χ2n) is 8.29. The Morgan fingerprint density at radius 2 is 2.18 bits per heavy atom. The molecular weight excluding hydrogens is 353 g/mol. The van der Waals surface area contributed by atoms with Crippen LogP contribution >= 0.6 is 0 Å². The number of allylic oxidation sites excluding steroid dienone is 2. The molecule has 0 unspecified atom stereocenters. The van der Waals surface area contributed by atoms with Gasteiger partial charge in [-0.1, -0.05) is 13.5 Å². The van der Waals surface area contributed by atoms with E-state index in [9.17, 15) is 4.39 Å². The molecule has 3 saturated carbocycles. The van der Waals surface area contributed by atoms with Crippen LogP contribution in [0.3, 0.4) is 0 Å². The highest BCUT2D eigenvalue weighted by molar-refractivity contribution is 6.00. The lowest BCUT2D eigenvalue weighted by molar-refractivity contribution is -0.0351. The first-order valence-corrected chi connectivity index (χ1v) is 10.1. The number of hydrogen-bond donors (Lipinski definition) is 1. The molecule has 0 radical (unpaired) electrons. The fraction of sp³-hybridized carbons (Fsp3) is 0.500. The van der Waals surface area contributed by atoms with Crippen molar-refractivity contribution in [3.8, 4) is 0 Å². The number of aromatic nitrogens is 1. The van der Waals surface area contributed by atoms with Crippen LogP contribution in [0.25, 0.3) is 0 Å². The predicted molar refractivity (Wildman–Crippen MR) is 110 cm³/mol. The fourth-order valence-corrected chi connectivity index (χ4v) is 4.34. The average molecular weight is 381 g/mol. The fourth-order valence-electron chi connectivity index (χ4n) is 4.34. The van der Waals surface area contributed by atoms with Gasteiger partial charge < -0.3 is 5.32 Å². The van der Waals surface area contributed by atoms with E-state index in [1.807, 2.05) is 18.1 Å². The van der Waals surface area contributed by atoms with Crippen molar-refractivity contribution in [2.75, 3.05) is 0 Å². The van der Waals surface area contributed by atoms with E-state index in [2.05, 4.69) is 28.8 Å². The zero-order valence-corrected chi connectivity index (χ0v) is 16.7. The largest absolute Gasteiger partial charge is 0.368 e. The van der Waals surface area contributed by atoms with E-state index in [4.69, 9.17) is 5.10 Å². The van der Waals surface area contributed by atoms with Gasteiger partial charge in [0.05, 0.1) is 24.3 Å². The Kier molecular flexibility index (Phi) is 5.04. The molecule has 1 aliphatic heterocycles. The monoisotopic (exact) mass is 381 g/mol. The molecular formula is C22H28FN5. The quantitative estimate of drug-likeness (QED) is 0.581. The lowest BCUT2D eigenvalue weighted by atomic mass is 9.50. The predicted octanol–water partition coefficient (Wildman–Crippen LogP) is 4.54. The lowest BCUT2D eigenvalue weighted by Gasteiger charge is -2.62. The van der Waals surface area contributed by atoms with E-state index in [1.54, 1.807) is 6.20 Å². The Morgan fingerprint density at radius 1 is 1.39 bits per heavy atom. The summed E-state index contributed by atoms with van der Waals surface area (Å²) in [6.45, 7) is 8.75. The average Bonchev–Trinajstić information content (AvgIpc) is 2.60. The minimum absolute atomic E-state index is 0.334. The minimum atomic E-state index is -0.334. The van der Waals surface area contributed by atoms with Gasteiger partial charge in [-0.15, -0.1) is 0 Å². The van der Waals surface area contributed by atoms with Crippen LogP contribution in [0.5, 0.6) is 0 Å². The third kappa shape index (κ3) is 3.86. The van der Waals surface area contributed by atoms with Crippen LogP contribution in [-0.4, -0.2) is 27.1 Å². The van der Waals surface area contributed by atoms with Gasteiger partial charge in [0.2, 0.25) is 0 Å². The van der Waals surface area contributed by atoms with E-state index in [-0.39, 0.29) is 5.82 Å². The van der Waals surface area contributed by atoms with Crippen molar-refractivity contribution < 1.29 is 4.39 Å². The molecule has 5 nitrogen and oxygen atoms in total. The van der Waals surface area contributed by atoms with Crippen molar-refractivity contribution in [2.24, 2.45) is 16.0 Å². The maximum atomic E-state index is 13.4. The van der Waals surface area contributed by atoms with Gasteiger partial charge in [0, 0.05) is 23.6 Å². The van der Waals surface area contributed by atoms with E-state index in [0.717, 1.165) is 53.6 Å². The Bertz CT molecular complexity index is 852. The molecule has 0 amide bonds. The highest BCUT2D eigenvalue weighted by atomic mass is 19.1. The molecule has 2 bridgehead atoms. The number of halogens is 1. The number of nitrogens with one attached hydrogen (secondary N) is 1. The van der Waals surface area contributed by atoms with Crippen molar-refractivity contribution in [1.29, 1.82) is 0 Å². The van der Waals surface area contributed by atoms with Crippen molar-refractivity contribution in [3.05, 3.63) is 53.9 Å². The van der Waals surface area contributed by atoms with E-state index < -0.39 is 0 Å². The minimum Gasteiger partial charge on any atom is -0.368 e. The van der Waals surface area contributed by atoms with Crippen LogP contribution in [-0.2, 0) is 6.54 Å². The van der Waals surface area contributed by atoms with Crippen molar-refractivity contribution in [2.45, 2.75) is 64.5 Å². The maximum Gasteiger partial charge on any atom is 0.141 e. The molecule has 0 aromatic carbocycles. The number of aliphatic imine (C=N–C) groups is 1. The number of pyridine rings is 1. The smallest absolute Gasteiger partial charge is 0.141 e.